The molecule has 7 amide bonds. The zero-order valence-electron chi connectivity index (χ0n) is 74.6. The first-order chi connectivity index (χ1) is 65.4. The van der Waals surface area contributed by atoms with Gasteiger partial charge >= 0.3 is 0 Å². The van der Waals surface area contributed by atoms with Crippen LogP contribution in [0.15, 0.2) is 334 Å². The summed E-state index contributed by atoms with van der Waals surface area (Å²) in [5, 5.41) is 5.88. The Morgan fingerprint density at radius 3 is 1.50 bits per heavy atom. The number of furan rings is 3. The highest BCUT2D eigenvalue weighted by atomic mass is 32.2. The number of fused-ring (bicyclic) bond motifs is 6. The van der Waals surface area contributed by atoms with Gasteiger partial charge < -0.3 is 22.6 Å². The van der Waals surface area contributed by atoms with E-state index in [4.69, 9.17) is 28.0 Å². The minimum Gasteiger partial charge on any atom is -0.457 e. The zero-order chi connectivity index (χ0) is 93.9. The van der Waals surface area contributed by atoms with Crippen LogP contribution in [-0.4, -0.2) is 119 Å². The molecule has 8 aliphatic rings. The van der Waals surface area contributed by atoms with E-state index in [2.05, 4.69) is 57.3 Å². The Morgan fingerprint density at radius 1 is 0.481 bits per heavy atom. The number of nitrogens with zero attached hydrogens (tertiary/aromatic N) is 10. The van der Waals surface area contributed by atoms with Crippen LogP contribution in [-0.2, 0) is 59.6 Å². The molecule has 4 saturated heterocycles. The minimum atomic E-state index is -0.268. The van der Waals surface area contributed by atoms with Gasteiger partial charge in [-0.3, -0.25) is 58.0 Å². The average molecular weight is 1940 g/mol. The molecule has 21 rings (SSSR count). The van der Waals surface area contributed by atoms with Crippen LogP contribution >= 0.6 is 94.1 Å². The summed E-state index contributed by atoms with van der Waals surface area (Å²) in [7, 11) is 0. The normalized spacial score (nSPS) is 16.2. The summed E-state index contributed by atoms with van der Waals surface area (Å²) in [4.78, 5) is 130. The van der Waals surface area contributed by atoms with Crippen LogP contribution in [0.1, 0.15) is 122 Å². The fraction of sp³-hybridized carbons (Fsp3) is 0.190. The Balaban J connectivity index is 0.000000118. The van der Waals surface area contributed by atoms with E-state index >= 15 is 0 Å². The van der Waals surface area contributed by atoms with Gasteiger partial charge in [-0.1, -0.05) is 195 Å². The number of Topliss-reactive ketones (excluding diaryl/α,β-unsaturated/α-hetero) is 1. The highest BCUT2D eigenvalue weighted by Gasteiger charge is 2.40. The van der Waals surface area contributed by atoms with Crippen molar-refractivity contribution in [1.82, 2.24) is 29.2 Å². The van der Waals surface area contributed by atoms with Crippen LogP contribution < -0.4 is 4.74 Å². The first-order valence-corrected chi connectivity index (χ1v) is 50.5. The van der Waals surface area contributed by atoms with Gasteiger partial charge in [-0.2, -0.15) is 0 Å². The van der Waals surface area contributed by atoms with Crippen molar-refractivity contribution in [3.05, 3.63) is 332 Å². The van der Waals surface area contributed by atoms with Gasteiger partial charge in [0.05, 0.1) is 76.6 Å². The van der Waals surface area contributed by atoms with E-state index in [1.807, 2.05) is 260 Å². The maximum atomic E-state index is 12.5. The van der Waals surface area contributed by atoms with Gasteiger partial charge in [0, 0.05) is 83.1 Å². The summed E-state index contributed by atoms with van der Waals surface area (Å²) in [5.41, 5.74) is 15.4. The molecule has 0 atom stereocenters. The number of carbonyl (C=O) groups is 8. The molecule has 0 N–H and O–H groups in total. The third-order valence-electron chi connectivity index (χ3n) is 21.9. The number of aliphatic imine (C=N–C) groups is 4. The highest BCUT2D eigenvalue weighted by molar-refractivity contribution is 8.19. The molecule has 0 saturated carbocycles. The largest absolute Gasteiger partial charge is 0.457 e. The van der Waals surface area contributed by atoms with E-state index in [1.54, 1.807) is 64.5 Å². The molecule has 4 aromatic heterocycles. The third kappa shape index (κ3) is 23.0. The lowest BCUT2D eigenvalue weighted by atomic mass is 10.1. The molecule has 0 bridgehead atoms. The molecule has 0 spiro atoms. The summed E-state index contributed by atoms with van der Waals surface area (Å²) >= 11 is 10.5. The van der Waals surface area contributed by atoms with Gasteiger partial charge in [0.1, 0.15) is 22.9 Å². The molecule has 4 fully saturated rings. The Kier molecular flexibility index (Phi) is 29.9. The Morgan fingerprint density at radius 2 is 0.970 bits per heavy atom. The van der Waals surface area contributed by atoms with Gasteiger partial charge in [0.15, 0.2) is 27.0 Å². The lowest BCUT2D eigenvalue weighted by molar-refractivity contribution is -0.124. The molecular formula is C105H90N10O12S8. The average Bonchev–Trinajstić information content (AvgIpc) is 1.65. The number of aromatic nitrogens is 2. The predicted molar refractivity (Wildman–Crippen MR) is 548 cm³/mol. The topological polar surface area (TPSA) is 265 Å². The number of imide groups is 3. The number of amides is 7. The van der Waals surface area contributed by atoms with Crippen LogP contribution in [0.4, 0.5) is 41.9 Å². The second-order valence-corrected chi connectivity index (χ2v) is 40.9. The molecule has 0 unspecified atom stereocenters. The smallest absolute Gasteiger partial charge is 0.293 e. The maximum absolute atomic E-state index is 12.5. The second-order valence-electron chi connectivity index (χ2n) is 32.7. The Hall–Kier alpha value is -12.7. The molecular weight excluding hydrogens is 1850 g/mol. The van der Waals surface area contributed by atoms with Crippen molar-refractivity contribution >= 4 is 223 Å². The number of imidazole rings is 1. The van der Waals surface area contributed by atoms with Crippen LogP contribution in [0, 0.1) is 0 Å². The van der Waals surface area contributed by atoms with Gasteiger partial charge in [-0.15, -0.1) is 0 Å². The monoisotopic (exact) mass is 1940 g/mol. The van der Waals surface area contributed by atoms with E-state index in [9.17, 15) is 38.4 Å². The first kappa shape index (κ1) is 94.1. The maximum Gasteiger partial charge on any atom is 0.293 e. The summed E-state index contributed by atoms with van der Waals surface area (Å²) in [6.07, 6.45) is 11.0. The molecule has 9 aromatic carbocycles. The van der Waals surface area contributed by atoms with Crippen molar-refractivity contribution in [2.45, 2.75) is 150 Å². The van der Waals surface area contributed by atoms with Crippen molar-refractivity contribution in [3.63, 3.8) is 0 Å². The summed E-state index contributed by atoms with van der Waals surface area (Å²) in [5.74, 6) is 3.00. The lowest BCUT2D eigenvalue weighted by Gasteiger charge is -2.16. The Bertz CT molecular complexity index is 6870. The van der Waals surface area contributed by atoms with Crippen molar-refractivity contribution in [2.24, 2.45) is 20.0 Å². The van der Waals surface area contributed by atoms with Crippen molar-refractivity contribution in [1.29, 1.82) is 0 Å². The minimum absolute atomic E-state index is 0.0162. The van der Waals surface area contributed by atoms with E-state index in [0.717, 1.165) is 188 Å². The number of ether oxygens (including phenoxy) is 1. The zero-order valence-corrected chi connectivity index (χ0v) is 81.1. The van der Waals surface area contributed by atoms with Crippen LogP contribution in [0.5, 0.6) is 5.75 Å². The molecule has 135 heavy (non-hydrogen) atoms. The number of benzene rings is 9. The SMILES string of the molecule is C=C1CSC(=O)N1Cc1ccc(SC2=Nc3ccccc3C2)o1.CC(C)N1C(=O)S/C(=C\c2cc3ccc(SC4=Nc5ccccc5C4)cc3o2)C1=O.CC(C)N1C(=O)S/C(=C\c2ccc(OC3=Nc4ccccc4C3)cc2)C1=O.CC(C)N1C(=O)S/C(=C\c2ccc(SC3=Nc4ccccc4C3)cc2)C1=O.CCCCn1c(Sc2ccc(C(=O)Cc3ccccc3)o2)nc2ccccc21. The Labute approximate surface area is 814 Å². The van der Waals surface area contributed by atoms with E-state index in [-0.39, 0.29) is 62.6 Å². The number of unbranched alkanes of at least 4 members (excludes halogenated alkanes) is 1. The molecule has 13 aromatic rings. The van der Waals surface area contributed by atoms with E-state index < -0.39 is 0 Å². The fourth-order valence-electron chi connectivity index (χ4n) is 15.2. The number of para-hydroxylation sites is 6. The number of hydrogen-bond donors (Lipinski definition) is 0. The standard InChI is InChI=1S/C23H18N2O3S2.C23H22N2O2S.C21H18N2O3S.C21H18N2O2S2.C17H14N2O2S2/c1-13(2)25-22(26)20(30-23(25)27)11-16-9-15-7-8-17(12-19(15)28-16)29-21-10-14-5-3-4-6-18(14)24-21;1-2-3-15-25-19-12-8-7-11-18(19)24-23(25)28-22-14-13-21(27-22)20(26)16-17-9-5-4-6-10-17;2*1-13(2)23-20(24)18(27-21(23)25)11-14-7-9-16(10-8-14)26-19-12-15-5-3-4-6-17(15)22-19;1-11-10-22-17(20)19(11)9-13-6-7-16(21-13)23-15-8-12-4-2-3-5-14(12)18-15/h3-9,11-13H,10H2,1-2H3;4-14H,2-3,15-16H2,1H3;2*3-11,13H,12H2,1-2H3;2-7H,1,8-10H2/b20-11-;;2*18-11-;. The molecule has 8 aliphatic heterocycles. The molecule has 12 heterocycles. The van der Waals surface area contributed by atoms with E-state index in [0.29, 0.717) is 68.1 Å². The van der Waals surface area contributed by atoms with E-state index in [1.165, 1.54) is 54.9 Å². The number of rotatable bonds is 20. The van der Waals surface area contributed by atoms with Gasteiger partial charge in [0.25, 0.3) is 38.7 Å². The van der Waals surface area contributed by atoms with Crippen LogP contribution in [0.2, 0.25) is 0 Å². The second kappa shape index (κ2) is 42.9. The quantitative estimate of drug-likeness (QED) is 0.0507. The predicted octanol–water partition coefficient (Wildman–Crippen LogP) is 27.4. The van der Waals surface area contributed by atoms with Crippen LogP contribution in [0.3, 0.4) is 0 Å². The van der Waals surface area contributed by atoms with Gasteiger partial charge in [-0.05, 0) is 267 Å². The summed E-state index contributed by atoms with van der Waals surface area (Å²) < 4.78 is 25.7. The van der Waals surface area contributed by atoms with Crippen LogP contribution in [0.25, 0.3) is 40.2 Å². The van der Waals surface area contributed by atoms with Gasteiger partial charge in [-0.25, -0.2) is 25.0 Å². The fourth-order valence-corrected chi connectivity index (χ4v) is 22.5. The summed E-state index contributed by atoms with van der Waals surface area (Å²) in [6.45, 7) is 18.5. The number of hydrogen-bond acceptors (Lipinski definition) is 25. The number of carbonyl (C=O) groups excluding carboxylic acids is 8. The molecule has 0 radical (unpaired) electrons. The number of ketones is 1. The number of thioether (sulfide) groups is 7. The number of aryl methyl sites for hydroxylation is 1. The van der Waals surface area contributed by atoms with Gasteiger partial charge in [0.2, 0.25) is 5.78 Å². The third-order valence-corrected chi connectivity index (χ3v) is 29.3. The first-order valence-electron chi connectivity index (χ1n) is 43.8. The molecule has 22 nitrogen and oxygen atoms in total. The lowest BCUT2D eigenvalue weighted by Crippen LogP contribution is -2.34. The molecule has 30 heteroatoms. The summed E-state index contributed by atoms with van der Waals surface area (Å²) in [6, 6.07) is 80.7. The van der Waals surface area contributed by atoms with Crippen molar-refractivity contribution in [2.75, 3.05) is 5.75 Å². The van der Waals surface area contributed by atoms with Crippen molar-refractivity contribution < 1.29 is 56.3 Å². The molecule has 0 aliphatic carbocycles. The molecule has 680 valence electrons. The highest BCUT2D eigenvalue weighted by Crippen LogP contribution is 2.43. The van der Waals surface area contributed by atoms with Crippen molar-refractivity contribution in [3.8, 4) is 5.75 Å².